The molecule has 0 amide bonds. The molecule has 56 heavy (non-hydrogen) atoms. The van der Waals surface area contributed by atoms with Crippen LogP contribution in [0.3, 0.4) is 0 Å². The first-order chi connectivity index (χ1) is 27.8. The summed E-state index contributed by atoms with van der Waals surface area (Å²) in [4.78, 5) is 4.77. The third-order valence-corrected chi connectivity index (χ3v) is 10.8. The van der Waals surface area contributed by atoms with Gasteiger partial charge in [-0.15, -0.1) is 0 Å². The first kappa shape index (κ1) is 34.8. The first-order valence-corrected chi connectivity index (χ1v) is 19.7. The van der Waals surface area contributed by atoms with Crippen molar-refractivity contribution in [1.29, 1.82) is 0 Å². The van der Waals surface area contributed by atoms with Gasteiger partial charge in [-0.05, 0) is 143 Å². The molecule has 0 spiro atoms. The van der Waals surface area contributed by atoms with Gasteiger partial charge in [0.15, 0.2) is 0 Å². The Morgan fingerprint density at radius 1 is 0.304 bits per heavy atom. The minimum atomic E-state index is 1.00. The van der Waals surface area contributed by atoms with Crippen molar-refractivity contribution in [2.45, 2.75) is 25.7 Å². The molecule has 270 valence electrons. The van der Waals surface area contributed by atoms with Gasteiger partial charge in [0.25, 0.3) is 0 Å². The normalized spacial score (nSPS) is 13.5. The molecule has 0 bridgehead atoms. The van der Waals surface area contributed by atoms with E-state index in [1.54, 1.807) is 0 Å². The van der Waals surface area contributed by atoms with E-state index in [2.05, 4.69) is 228 Å². The number of rotatable bonds is 10. The smallest absolute Gasteiger partial charge is 0.0467 e. The Hall–Kier alpha value is -6.90. The second kappa shape index (κ2) is 16.2. The van der Waals surface area contributed by atoms with Gasteiger partial charge in [-0.1, -0.05) is 146 Å². The lowest BCUT2D eigenvalue weighted by Crippen LogP contribution is -2.17. The lowest BCUT2D eigenvalue weighted by atomic mass is 9.96. The molecular formula is C54H44N2. The molecule has 0 N–H and O–H groups in total. The van der Waals surface area contributed by atoms with E-state index in [-0.39, 0.29) is 0 Å². The molecule has 0 aromatic heterocycles. The Labute approximate surface area is 331 Å². The number of anilines is 5. The summed E-state index contributed by atoms with van der Waals surface area (Å²) in [6, 6.07) is 66.1. The quantitative estimate of drug-likeness (QED) is 0.139. The maximum Gasteiger partial charge on any atom is 0.0467 e. The fraction of sp³-hybridized carbons (Fsp3) is 0.0741. The topological polar surface area (TPSA) is 6.48 Å². The number of para-hydroxylation sites is 1. The number of benzene rings is 7. The molecular weight excluding hydrogens is 677 g/mol. The minimum Gasteiger partial charge on any atom is -0.314 e. The highest BCUT2D eigenvalue weighted by atomic mass is 15.2. The average molecular weight is 721 g/mol. The van der Waals surface area contributed by atoms with Crippen molar-refractivity contribution in [2.24, 2.45) is 0 Å². The van der Waals surface area contributed by atoms with Gasteiger partial charge in [0.1, 0.15) is 0 Å². The van der Waals surface area contributed by atoms with Crippen molar-refractivity contribution < 1.29 is 0 Å². The Balaban J connectivity index is 0.997. The molecule has 0 radical (unpaired) electrons. The van der Waals surface area contributed by atoms with E-state index < -0.39 is 0 Å². The molecule has 2 aliphatic carbocycles. The van der Waals surface area contributed by atoms with Crippen LogP contribution in [0.5, 0.6) is 0 Å². The van der Waals surface area contributed by atoms with E-state index in [9.17, 15) is 0 Å². The van der Waals surface area contributed by atoms with E-state index in [1.807, 2.05) is 0 Å². The van der Waals surface area contributed by atoms with E-state index in [1.165, 1.54) is 55.9 Å². The van der Waals surface area contributed by atoms with E-state index >= 15 is 0 Å². The monoisotopic (exact) mass is 720 g/mol. The van der Waals surface area contributed by atoms with Crippen molar-refractivity contribution in [2.75, 3.05) is 9.80 Å². The second-order valence-electron chi connectivity index (χ2n) is 14.4. The molecule has 0 saturated heterocycles. The summed E-state index contributed by atoms with van der Waals surface area (Å²) >= 11 is 0. The van der Waals surface area contributed by atoms with Crippen LogP contribution in [-0.2, 0) is 0 Å². The van der Waals surface area contributed by atoms with Gasteiger partial charge in [0, 0.05) is 34.1 Å². The molecule has 2 aliphatic rings. The molecule has 0 fully saturated rings. The third kappa shape index (κ3) is 7.56. The van der Waals surface area contributed by atoms with Crippen molar-refractivity contribution >= 4 is 34.0 Å². The van der Waals surface area contributed by atoms with Crippen LogP contribution in [0.1, 0.15) is 31.2 Å². The van der Waals surface area contributed by atoms with Gasteiger partial charge in [0.2, 0.25) is 0 Å². The molecule has 2 heteroatoms. The third-order valence-electron chi connectivity index (χ3n) is 10.8. The number of hydrogen-bond donors (Lipinski definition) is 0. The Morgan fingerprint density at radius 2 is 0.750 bits per heavy atom. The largest absolute Gasteiger partial charge is 0.314 e. The van der Waals surface area contributed by atoms with Crippen LogP contribution in [0.15, 0.2) is 224 Å². The maximum absolute atomic E-state index is 2.41. The molecule has 0 saturated carbocycles. The first-order valence-electron chi connectivity index (χ1n) is 19.7. The molecule has 2 nitrogen and oxygen atoms in total. The van der Waals surface area contributed by atoms with Gasteiger partial charge >= 0.3 is 0 Å². The Bertz CT molecular complexity index is 2560. The predicted octanol–water partition coefficient (Wildman–Crippen LogP) is 15.3. The Morgan fingerprint density at radius 3 is 1.36 bits per heavy atom. The maximum atomic E-state index is 2.41. The summed E-state index contributed by atoms with van der Waals surface area (Å²) in [5.41, 5.74) is 16.9. The van der Waals surface area contributed by atoms with E-state index in [0.717, 1.165) is 48.4 Å². The van der Waals surface area contributed by atoms with Crippen LogP contribution in [0, 0.1) is 0 Å². The summed E-state index contributed by atoms with van der Waals surface area (Å²) in [5, 5.41) is 0. The molecule has 0 unspecified atom stereocenters. The number of hydrogen-bond acceptors (Lipinski definition) is 2. The summed E-state index contributed by atoms with van der Waals surface area (Å²) in [7, 11) is 0. The Kier molecular flexibility index (Phi) is 10.1. The van der Waals surface area contributed by atoms with Gasteiger partial charge in [0.05, 0.1) is 0 Å². The summed E-state index contributed by atoms with van der Waals surface area (Å²) in [6.07, 6.45) is 17.6. The zero-order valence-corrected chi connectivity index (χ0v) is 31.5. The van der Waals surface area contributed by atoms with E-state index in [4.69, 9.17) is 0 Å². The van der Waals surface area contributed by atoms with Gasteiger partial charge in [-0.2, -0.15) is 0 Å². The molecule has 0 atom stereocenters. The van der Waals surface area contributed by atoms with Crippen LogP contribution < -0.4 is 9.80 Å². The summed E-state index contributed by atoms with van der Waals surface area (Å²) in [5.74, 6) is 0. The van der Waals surface area contributed by atoms with Gasteiger partial charge in [-0.3, -0.25) is 0 Å². The second-order valence-corrected chi connectivity index (χ2v) is 14.4. The summed E-state index contributed by atoms with van der Waals surface area (Å²) < 4.78 is 0. The molecule has 7 aromatic carbocycles. The molecule has 0 heterocycles. The van der Waals surface area contributed by atoms with Crippen molar-refractivity contribution in [3.05, 3.63) is 230 Å². The fourth-order valence-electron chi connectivity index (χ4n) is 7.91. The SMILES string of the molecule is C1=CCCC(c2cccc(N(c3ccccc3)c3ccc(-c4cccc(-c5ccc(N(C6=CC=CCC6)c6cccc(-c7ccccc7)c6)cc5)c4)cc3)c2)=C1. The van der Waals surface area contributed by atoms with Crippen LogP contribution in [-0.4, -0.2) is 0 Å². The molecule has 9 rings (SSSR count). The van der Waals surface area contributed by atoms with Crippen molar-refractivity contribution in [3.8, 4) is 33.4 Å². The molecule has 7 aromatic rings. The average Bonchev–Trinajstić information content (AvgIpc) is 3.29. The van der Waals surface area contributed by atoms with E-state index in [0.29, 0.717) is 0 Å². The van der Waals surface area contributed by atoms with Crippen LogP contribution in [0.25, 0.3) is 39.0 Å². The standard InChI is InChI=1S/C54H44N2/c1-5-16-41(17-6-1)47-22-14-28-53(39-47)55(49-24-9-3-10-25-49)51-34-30-43(31-35-51)45-20-13-21-46(38-45)44-32-36-52(37-33-44)56(50-26-11-4-12-27-50)54-29-15-23-48(40-54)42-18-7-2-8-19-42/h1-7,9,11-18,20-24,26-40H,8,10,19,25H2. The van der Waals surface area contributed by atoms with Crippen LogP contribution in [0.4, 0.5) is 28.4 Å². The van der Waals surface area contributed by atoms with Crippen LogP contribution >= 0.6 is 0 Å². The minimum absolute atomic E-state index is 1.00. The van der Waals surface area contributed by atoms with Crippen LogP contribution in [0.2, 0.25) is 0 Å². The summed E-state index contributed by atoms with van der Waals surface area (Å²) in [6.45, 7) is 0. The fourth-order valence-corrected chi connectivity index (χ4v) is 7.91. The highest BCUT2D eigenvalue weighted by molar-refractivity contribution is 5.82. The lowest BCUT2D eigenvalue weighted by molar-refractivity contribution is 0.918. The van der Waals surface area contributed by atoms with Crippen molar-refractivity contribution in [3.63, 3.8) is 0 Å². The van der Waals surface area contributed by atoms with Gasteiger partial charge in [-0.25, -0.2) is 0 Å². The zero-order valence-electron chi connectivity index (χ0n) is 31.5. The molecule has 0 aliphatic heterocycles. The highest BCUT2D eigenvalue weighted by Crippen LogP contribution is 2.39. The lowest BCUT2D eigenvalue weighted by Gasteiger charge is -2.29. The van der Waals surface area contributed by atoms with Crippen molar-refractivity contribution in [1.82, 2.24) is 0 Å². The number of allylic oxidation sites excluding steroid dienone is 8. The predicted molar refractivity (Wildman–Crippen MR) is 239 cm³/mol. The van der Waals surface area contributed by atoms with Gasteiger partial charge < -0.3 is 9.80 Å². The highest BCUT2D eigenvalue weighted by Gasteiger charge is 2.18. The zero-order chi connectivity index (χ0) is 37.5. The number of nitrogens with zero attached hydrogens (tertiary/aromatic N) is 2.